The largest absolute Gasteiger partial charge is 0.492 e. The van der Waals surface area contributed by atoms with Gasteiger partial charge < -0.3 is 14.6 Å². The summed E-state index contributed by atoms with van der Waals surface area (Å²) in [7, 11) is 1.57. The van der Waals surface area contributed by atoms with E-state index in [4.69, 9.17) is 14.5 Å². The lowest BCUT2D eigenvalue weighted by molar-refractivity contribution is 0.0514. The van der Waals surface area contributed by atoms with E-state index in [9.17, 15) is 5.11 Å². The van der Waals surface area contributed by atoms with E-state index in [0.717, 1.165) is 51.2 Å². The number of aliphatic hydroxyl groups excluding tert-OH is 1. The summed E-state index contributed by atoms with van der Waals surface area (Å²) in [6.07, 6.45) is 3.91. The van der Waals surface area contributed by atoms with Crippen molar-refractivity contribution >= 4 is 11.3 Å². The average molecular weight is 481 g/mol. The van der Waals surface area contributed by atoms with E-state index < -0.39 is 6.10 Å². The summed E-state index contributed by atoms with van der Waals surface area (Å²) in [5, 5.41) is 19.8. The molecule has 0 saturated carbocycles. The molecular formula is C24H28N6O3S. The van der Waals surface area contributed by atoms with E-state index in [-0.39, 0.29) is 12.6 Å². The molecule has 34 heavy (non-hydrogen) atoms. The second kappa shape index (κ2) is 9.28. The van der Waals surface area contributed by atoms with E-state index in [2.05, 4.69) is 41.2 Å². The second-order valence-electron chi connectivity index (χ2n) is 8.68. The maximum Gasteiger partial charge on any atom is 0.187 e. The molecule has 0 radical (unpaired) electrons. The van der Waals surface area contributed by atoms with Crippen LogP contribution in [0.2, 0.25) is 0 Å². The molecule has 4 aromatic rings. The van der Waals surface area contributed by atoms with Crippen molar-refractivity contribution < 1.29 is 14.6 Å². The van der Waals surface area contributed by atoms with Gasteiger partial charge in [0.05, 0.1) is 37.8 Å². The summed E-state index contributed by atoms with van der Waals surface area (Å²) < 4.78 is 14.8. The highest BCUT2D eigenvalue weighted by molar-refractivity contribution is 7.15. The molecule has 1 unspecified atom stereocenters. The Balaban J connectivity index is 1.47. The zero-order valence-electron chi connectivity index (χ0n) is 19.7. The van der Waals surface area contributed by atoms with Crippen LogP contribution >= 0.6 is 11.3 Å². The lowest BCUT2D eigenvalue weighted by Gasteiger charge is -2.10. The predicted molar refractivity (Wildman–Crippen MR) is 130 cm³/mol. The molecule has 0 bridgehead atoms. The van der Waals surface area contributed by atoms with Gasteiger partial charge in [-0.25, -0.2) is 14.6 Å². The first-order chi connectivity index (χ1) is 16.4. The van der Waals surface area contributed by atoms with Gasteiger partial charge in [-0.1, -0.05) is 6.07 Å². The maximum atomic E-state index is 9.98. The number of thiazole rings is 1. The van der Waals surface area contributed by atoms with Crippen molar-refractivity contribution in [3.8, 4) is 39.0 Å². The fourth-order valence-corrected chi connectivity index (χ4v) is 5.15. The number of ether oxygens (including phenoxy) is 2. The number of aliphatic hydroxyl groups is 1. The van der Waals surface area contributed by atoms with Gasteiger partial charge in [0.15, 0.2) is 10.8 Å². The third-order valence-electron chi connectivity index (χ3n) is 5.66. The minimum Gasteiger partial charge on any atom is -0.492 e. The third-order valence-corrected chi connectivity index (χ3v) is 6.77. The van der Waals surface area contributed by atoms with Crippen LogP contribution in [0.1, 0.15) is 30.6 Å². The van der Waals surface area contributed by atoms with Gasteiger partial charge in [-0.05, 0) is 38.5 Å². The predicted octanol–water partition coefficient (Wildman–Crippen LogP) is 3.76. The standard InChI is InChI=1S/C24H28N6O3S/c1-14(2)30-23(26-15(3)28-30)24-27-22-19-6-5-16(9-20(19)33-8-7-21(22)34-24)17-10-25-29(11-17)12-18(31)13-32-4/h5-6,9-11,14,18,31H,7-8,12-13H2,1-4H3. The molecule has 10 heteroatoms. The summed E-state index contributed by atoms with van der Waals surface area (Å²) in [5.74, 6) is 2.37. The van der Waals surface area contributed by atoms with Gasteiger partial charge in [0.1, 0.15) is 11.6 Å². The van der Waals surface area contributed by atoms with Crippen molar-refractivity contribution in [2.75, 3.05) is 20.3 Å². The Kier molecular flexibility index (Phi) is 6.20. The number of methoxy groups -OCH3 is 1. The first-order valence-corrected chi connectivity index (χ1v) is 12.1. The number of hydrogen-bond acceptors (Lipinski definition) is 8. The number of aromatic nitrogens is 6. The Labute approximate surface area is 202 Å². The van der Waals surface area contributed by atoms with Crippen molar-refractivity contribution in [1.29, 1.82) is 0 Å². The molecule has 0 amide bonds. The van der Waals surface area contributed by atoms with E-state index in [0.29, 0.717) is 13.2 Å². The topological polar surface area (TPSA) is 100 Å². The lowest BCUT2D eigenvalue weighted by atomic mass is 10.0. The highest BCUT2D eigenvalue weighted by Gasteiger charge is 2.24. The quantitative estimate of drug-likeness (QED) is 0.430. The first kappa shape index (κ1) is 22.7. The van der Waals surface area contributed by atoms with Gasteiger partial charge in [0, 0.05) is 41.8 Å². The van der Waals surface area contributed by atoms with Gasteiger partial charge in [-0.15, -0.1) is 11.3 Å². The number of nitrogens with zero attached hydrogens (tertiary/aromatic N) is 6. The summed E-state index contributed by atoms with van der Waals surface area (Å²) in [6, 6.07) is 6.37. The van der Waals surface area contributed by atoms with E-state index in [1.807, 2.05) is 23.9 Å². The second-order valence-corrected chi connectivity index (χ2v) is 9.76. The Bertz CT molecular complexity index is 1310. The minimum atomic E-state index is -0.601. The van der Waals surface area contributed by atoms with Crippen molar-refractivity contribution in [3.05, 3.63) is 41.3 Å². The van der Waals surface area contributed by atoms with Gasteiger partial charge in [0.25, 0.3) is 0 Å². The molecule has 0 saturated heterocycles. The Morgan fingerprint density at radius 3 is 2.88 bits per heavy atom. The van der Waals surface area contributed by atoms with Crippen molar-refractivity contribution in [3.63, 3.8) is 0 Å². The summed E-state index contributed by atoms with van der Waals surface area (Å²) >= 11 is 1.66. The number of benzene rings is 1. The molecule has 9 nitrogen and oxygen atoms in total. The minimum absolute atomic E-state index is 0.203. The van der Waals surface area contributed by atoms with Gasteiger partial charge in [0.2, 0.25) is 0 Å². The molecule has 4 heterocycles. The number of aryl methyl sites for hydroxylation is 1. The molecule has 1 aliphatic rings. The first-order valence-electron chi connectivity index (χ1n) is 11.3. The van der Waals surface area contributed by atoms with Crippen LogP contribution in [0.25, 0.3) is 33.2 Å². The van der Waals surface area contributed by atoms with Crippen molar-refractivity contribution in [1.82, 2.24) is 29.5 Å². The highest BCUT2D eigenvalue weighted by atomic mass is 32.1. The number of hydrogen-bond donors (Lipinski definition) is 1. The van der Waals surface area contributed by atoms with E-state index in [1.165, 1.54) is 4.88 Å². The Morgan fingerprint density at radius 1 is 1.24 bits per heavy atom. The van der Waals surface area contributed by atoms with Crippen LogP contribution in [0.5, 0.6) is 5.75 Å². The van der Waals surface area contributed by atoms with Crippen molar-refractivity contribution in [2.24, 2.45) is 0 Å². The zero-order chi connectivity index (χ0) is 23.8. The molecule has 0 spiro atoms. The summed E-state index contributed by atoms with van der Waals surface area (Å²) in [5.41, 5.74) is 3.89. The highest BCUT2D eigenvalue weighted by Crippen LogP contribution is 2.41. The molecule has 1 aromatic carbocycles. The molecule has 1 N–H and O–H groups in total. The normalized spacial score (nSPS) is 13.9. The average Bonchev–Trinajstić information content (AvgIpc) is 3.50. The molecule has 5 rings (SSSR count). The fraction of sp³-hybridized carbons (Fsp3) is 0.417. The molecule has 178 valence electrons. The zero-order valence-corrected chi connectivity index (χ0v) is 20.5. The molecule has 3 aromatic heterocycles. The summed E-state index contributed by atoms with van der Waals surface area (Å²) in [4.78, 5) is 10.8. The number of fused-ring (bicyclic) bond motifs is 3. The molecule has 0 aliphatic carbocycles. The van der Waals surface area contributed by atoms with Gasteiger partial charge in [-0.3, -0.25) is 4.68 Å². The molecule has 1 atom stereocenters. The van der Waals surface area contributed by atoms with Gasteiger partial charge >= 0.3 is 0 Å². The monoisotopic (exact) mass is 480 g/mol. The number of rotatable bonds is 7. The maximum absolute atomic E-state index is 9.98. The molecule has 0 fully saturated rings. The van der Waals surface area contributed by atoms with Crippen LogP contribution in [0.15, 0.2) is 30.6 Å². The lowest BCUT2D eigenvalue weighted by Crippen LogP contribution is -2.21. The molecule has 1 aliphatic heterocycles. The van der Waals surface area contributed by atoms with E-state index >= 15 is 0 Å². The molecular weight excluding hydrogens is 452 g/mol. The van der Waals surface area contributed by atoms with Crippen LogP contribution < -0.4 is 4.74 Å². The fourth-order valence-electron chi connectivity index (χ4n) is 4.11. The van der Waals surface area contributed by atoms with Crippen LogP contribution in [0.3, 0.4) is 0 Å². The van der Waals surface area contributed by atoms with Crippen LogP contribution in [-0.2, 0) is 17.7 Å². The van der Waals surface area contributed by atoms with Gasteiger partial charge in [-0.2, -0.15) is 10.2 Å². The smallest absolute Gasteiger partial charge is 0.187 e. The Morgan fingerprint density at radius 2 is 2.09 bits per heavy atom. The SMILES string of the molecule is COCC(O)Cn1cc(-c2ccc3c(c2)OCCc2sc(-c4nc(C)nn4C(C)C)nc2-3)cn1. The summed E-state index contributed by atoms with van der Waals surface area (Å²) in [6.45, 7) is 7.34. The van der Waals surface area contributed by atoms with E-state index in [1.54, 1.807) is 29.3 Å². The Hall–Kier alpha value is -3.08. The van der Waals surface area contributed by atoms with Crippen molar-refractivity contribution in [2.45, 2.75) is 45.9 Å². The van der Waals surface area contributed by atoms with Crippen LogP contribution in [0, 0.1) is 6.92 Å². The van der Waals surface area contributed by atoms with Crippen LogP contribution in [-0.4, -0.2) is 61.1 Å². The van der Waals surface area contributed by atoms with Crippen LogP contribution in [0.4, 0.5) is 0 Å². The third kappa shape index (κ3) is 4.36.